The number of nitrogens with zero attached hydrogens (tertiary/aromatic N) is 1. The van der Waals surface area contributed by atoms with E-state index in [-0.39, 0.29) is 18.2 Å². The van der Waals surface area contributed by atoms with Gasteiger partial charge in [0.15, 0.2) is 17.6 Å². The Morgan fingerprint density at radius 2 is 1.98 bits per heavy atom. The lowest BCUT2D eigenvalue weighted by Gasteiger charge is -2.61. The van der Waals surface area contributed by atoms with Crippen LogP contribution in [0.3, 0.4) is 0 Å². The van der Waals surface area contributed by atoms with Crippen LogP contribution in [0.25, 0.3) is 0 Å². The molecular weight excluding hydrogens is 569 g/mol. The maximum atomic E-state index is 13.1. The van der Waals surface area contributed by atoms with E-state index in [0.29, 0.717) is 30.9 Å². The van der Waals surface area contributed by atoms with Crippen LogP contribution in [0.2, 0.25) is 0 Å². The summed E-state index contributed by atoms with van der Waals surface area (Å²) in [6, 6.07) is 1.28. The number of carbonyl (C=O) groups is 4. The lowest BCUT2D eigenvalue weighted by molar-refractivity contribution is -0.202. The van der Waals surface area contributed by atoms with Crippen molar-refractivity contribution in [2.45, 2.75) is 74.1 Å². The summed E-state index contributed by atoms with van der Waals surface area (Å²) >= 11 is 0. The van der Waals surface area contributed by atoms with Gasteiger partial charge in [0.25, 0.3) is 0 Å². The molecule has 0 radical (unpaired) electrons. The van der Waals surface area contributed by atoms with Gasteiger partial charge >= 0.3 is 24.1 Å². The first kappa shape index (κ1) is 29.8. The number of halogens is 3. The largest absolute Gasteiger partial charge is 0.493 e. The number of esters is 3. The molecule has 1 fully saturated rings. The third-order valence-corrected chi connectivity index (χ3v) is 8.57. The fraction of sp³-hybridized carbons (Fsp3) is 0.556. The van der Waals surface area contributed by atoms with Gasteiger partial charge in [-0.25, -0.2) is 9.59 Å². The second-order valence-corrected chi connectivity index (χ2v) is 10.9. The van der Waals surface area contributed by atoms with Crippen molar-refractivity contribution in [1.82, 2.24) is 10.2 Å². The highest BCUT2D eigenvalue weighted by Crippen LogP contribution is 2.65. The molecule has 0 saturated carbocycles. The second kappa shape index (κ2) is 10.2. The van der Waals surface area contributed by atoms with Crippen LogP contribution < -0.4 is 14.8 Å². The molecule has 1 saturated heterocycles. The fourth-order valence-electron chi connectivity index (χ4n) is 6.63. The number of likely N-dealkylation sites (tertiary alicyclic amines) is 1. The zero-order valence-corrected chi connectivity index (χ0v) is 22.8. The first-order valence-electron chi connectivity index (χ1n) is 13.2. The summed E-state index contributed by atoms with van der Waals surface area (Å²) in [6.07, 6.45) is -6.71. The molecule has 1 aromatic rings. The number of aliphatic hydroxyl groups excluding tert-OH is 1. The molecule has 15 heteroatoms. The zero-order chi connectivity index (χ0) is 30.8. The number of alkyl halides is 3. The van der Waals surface area contributed by atoms with Crippen molar-refractivity contribution in [3.63, 3.8) is 0 Å². The van der Waals surface area contributed by atoms with E-state index >= 15 is 0 Å². The third-order valence-electron chi connectivity index (χ3n) is 8.57. The van der Waals surface area contributed by atoms with E-state index in [0.717, 1.165) is 18.1 Å². The minimum Gasteiger partial charge on any atom is -0.493 e. The smallest absolute Gasteiger partial charge is 0.491 e. The number of hydrogen-bond donors (Lipinski definition) is 3. The van der Waals surface area contributed by atoms with Gasteiger partial charge in [0.05, 0.1) is 24.5 Å². The van der Waals surface area contributed by atoms with Crippen molar-refractivity contribution in [1.29, 1.82) is 0 Å². The molecule has 2 aliphatic heterocycles. The summed E-state index contributed by atoms with van der Waals surface area (Å²) in [5, 5.41) is 23.6. The maximum absolute atomic E-state index is 13.1. The summed E-state index contributed by atoms with van der Waals surface area (Å²) in [5.41, 5.74) is -0.623. The van der Waals surface area contributed by atoms with E-state index < -0.39 is 65.7 Å². The number of methoxy groups -OCH3 is 1. The summed E-state index contributed by atoms with van der Waals surface area (Å²) in [4.78, 5) is 50.7. The fourth-order valence-corrected chi connectivity index (χ4v) is 6.63. The van der Waals surface area contributed by atoms with E-state index in [2.05, 4.69) is 9.64 Å². The molecule has 42 heavy (non-hydrogen) atoms. The molecule has 4 aliphatic rings. The minimum absolute atomic E-state index is 0.000538. The Hall–Kier alpha value is -3.69. The molecule has 3 N–H and O–H groups in total. The van der Waals surface area contributed by atoms with E-state index in [1.165, 1.54) is 13.2 Å². The first-order valence-corrected chi connectivity index (χ1v) is 13.2. The number of hydrogen-bond acceptors (Lipinski definition) is 11. The van der Waals surface area contributed by atoms with Crippen molar-refractivity contribution >= 4 is 23.8 Å². The summed E-state index contributed by atoms with van der Waals surface area (Å²) in [7, 11) is 3.38. The molecule has 2 bridgehead atoms. The molecule has 12 nitrogen and oxygen atoms in total. The molecule has 2 aliphatic carbocycles. The zero-order valence-electron chi connectivity index (χ0n) is 22.8. The highest BCUT2D eigenvalue weighted by atomic mass is 19.4. The average Bonchev–Trinajstić information content (AvgIpc) is 3.27. The second-order valence-electron chi connectivity index (χ2n) is 10.9. The average molecular weight is 599 g/mol. The van der Waals surface area contributed by atoms with Gasteiger partial charge in [-0.1, -0.05) is 6.07 Å². The van der Waals surface area contributed by atoms with Crippen molar-refractivity contribution in [3.05, 3.63) is 35.1 Å². The predicted octanol–water partition coefficient (Wildman–Crippen LogP) is 0.404. The molecule has 6 atom stereocenters. The molecule has 228 valence electrons. The van der Waals surface area contributed by atoms with Crippen LogP contribution in [-0.4, -0.2) is 95.7 Å². The highest BCUT2D eigenvalue weighted by Gasteiger charge is 2.72. The number of rotatable bonds is 7. The molecule has 0 aromatic heterocycles. The number of benzene rings is 1. The molecule has 5 rings (SSSR count). The number of aliphatic hydroxyl groups is 2. The van der Waals surface area contributed by atoms with Gasteiger partial charge in [0.1, 0.15) is 17.9 Å². The summed E-state index contributed by atoms with van der Waals surface area (Å²) in [5.74, 6) is -6.29. The lowest BCUT2D eigenvalue weighted by atomic mass is 9.50. The van der Waals surface area contributed by atoms with Crippen molar-refractivity contribution in [2.75, 3.05) is 20.7 Å². The van der Waals surface area contributed by atoms with Gasteiger partial charge in [0, 0.05) is 18.0 Å². The van der Waals surface area contributed by atoms with Crippen LogP contribution in [0.15, 0.2) is 24.0 Å². The van der Waals surface area contributed by atoms with Gasteiger partial charge in [-0.3, -0.25) is 9.59 Å². The maximum Gasteiger partial charge on any atom is 0.491 e. The minimum atomic E-state index is -5.52. The van der Waals surface area contributed by atoms with Crippen molar-refractivity contribution in [2.24, 2.45) is 0 Å². The van der Waals surface area contributed by atoms with Gasteiger partial charge in [-0.15, -0.1) is 0 Å². The van der Waals surface area contributed by atoms with E-state index in [9.17, 15) is 42.6 Å². The number of ether oxygens (including phenoxy) is 4. The van der Waals surface area contributed by atoms with E-state index in [4.69, 9.17) is 14.2 Å². The Balaban J connectivity index is 1.43. The highest BCUT2D eigenvalue weighted by molar-refractivity contribution is 5.95. The Morgan fingerprint density at radius 3 is 2.62 bits per heavy atom. The molecular formula is C27H29F3N2O10. The lowest BCUT2D eigenvalue weighted by Crippen LogP contribution is -2.74. The van der Waals surface area contributed by atoms with Crippen molar-refractivity contribution in [3.8, 4) is 11.5 Å². The van der Waals surface area contributed by atoms with Crippen LogP contribution in [-0.2, 0) is 40.5 Å². The normalized spacial score (nSPS) is 28.8. The van der Waals surface area contributed by atoms with Crippen LogP contribution in [0, 0.1) is 0 Å². The number of likely N-dealkylation sites (N-methyl/N-ethyl adjacent to an activating group) is 1. The van der Waals surface area contributed by atoms with Crippen LogP contribution in [0.4, 0.5) is 13.2 Å². The number of piperidine rings is 1. The Morgan fingerprint density at radius 1 is 1.26 bits per heavy atom. The van der Waals surface area contributed by atoms with Gasteiger partial charge in [-0.2, -0.15) is 13.2 Å². The standard InChI is InChI=1S/C27H29F3N2O10/c1-12(33)22(35)31-14(23(36)42-24(37)27(28,29)30)11-18(34)40-16-6-7-26(38)17-10-13-4-5-15(39-3)20-19(13)25(26,21(16)41-20)8-9-32(17)2/h4-6,12,14,17,21,33,38H,7-11H2,1-3H3,(H,31,35)/t12-,14-,17+,21-,25-,26+/m0/s1. The molecule has 0 unspecified atom stereocenters. The SMILES string of the molecule is COc1ccc2c3c1O[C@H]1C(OC(=O)C[C@H](NC(=O)[C@H](C)O)C(=O)OC(=O)C(F)(F)F)=CC[C@@]4(O)[C@@H](C2)N(C)CC[C@]314. The van der Waals surface area contributed by atoms with Crippen molar-refractivity contribution < 1.29 is 61.5 Å². The number of amides is 1. The van der Waals surface area contributed by atoms with E-state index in [1.807, 2.05) is 18.4 Å². The summed E-state index contributed by atoms with van der Waals surface area (Å²) in [6.45, 7) is 1.61. The molecule has 1 amide bonds. The topological polar surface area (TPSA) is 161 Å². The van der Waals surface area contributed by atoms with Crippen LogP contribution in [0.5, 0.6) is 11.5 Å². The Kier molecular flexibility index (Phi) is 7.26. The monoisotopic (exact) mass is 598 g/mol. The van der Waals surface area contributed by atoms with E-state index in [1.54, 1.807) is 6.07 Å². The quantitative estimate of drug-likeness (QED) is 0.295. The Labute approximate surface area is 237 Å². The van der Waals surface area contributed by atoms with Gasteiger partial charge < -0.3 is 39.4 Å². The predicted molar refractivity (Wildman–Crippen MR) is 133 cm³/mol. The Bertz CT molecular complexity index is 1380. The third kappa shape index (κ3) is 4.50. The van der Waals surface area contributed by atoms with Gasteiger partial charge in [0.2, 0.25) is 5.91 Å². The number of carbonyl (C=O) groups excluding carboxylic acids is 4. The number of nitrogens with one attached hydrogen (secondary N) is 1. The summed E-state index contributed by atoms with van der Waals surface area (Å²) < 4.78 is 59.2. The molecule has 1 aromatic carbocycles. The van der Waals surface area contributed by atoms with Gasteiger partial charge in [-0.05, 0) is 51.1 Å². The first-order chi connectivity index (χ1) is 19.6. The molecule has 1 spiro atoms. The molecule has 2 heterocycles. The van der Waals surface area contributed by atoms with Crippen LogP contribution >= 0.6 is 0 Å². The van der Waals surface area contributed by atoms with Crippen LogP contribution in [0.1, 0.15) is 37.3 Å².